The molecule has 0 amide bonds. The normalized spacial score (nSPS) is 11.7. The first kappa shape index (κ1) is 17.8. The monoisotopic (exact) mass is 323 g/mol. The van der Waals surface area contributed by atoms with E-state index in [4.69, 9.17) is 5.11 Å². The highest BCUT2D eigenvalue weighted by Crippen LogP contribution is 2.28. The highest BCUT2D eigenvalue weighted by molar-refractivity contribution is 5.92. The lowest BCUT2D eigenvalue weighted by atomic mass is 9.94. The molecule has 0 aliphatic carbocycles. The molecule has 0 bridgehead atoms. The summed E-state index contributed by atoms with van der Waals surface area (Å²) in [6.45, 7) is 9.92. The van der Waals surface area contributed by atoms with E-state index in [2.05, 4.69) is 62.5 Å². The molecule has 2 rings (SSSR count). The van der Waals surface area contributed by atoms with Crippen molar-refractivity contribution in [3.8, 4) is 11.1 Å². The first-order valence-corrected chi connectivity index (χ1v) is 8.17. The van der Waals surface area contributed by atoms with Gasteiger partial charge in [0.15, 0.2) is 0 Å². The lowest BCUT2D eigenvalue weighted by Crippen LogP contribution is -2.09. The van der Waals surface area contributed by atoms with Gasteiger partial charge in [0.2, 0.25) is 0 Å². The summed E-state index contributed by atoms with van der Waals surface area (Å²) in [7, 11) is 0. The molecular weight excluding hydrogens is 298 g/mol. The molecule has 24 heavy (non-hydrogen) atoms. The van der Waals surface area contributed by atoms with Gasteiger partial charge in [-0.15, -0.1) is 0 Å². The third-order valence-electron chi connectivity index (χ3n) is 3.97. The first-order chi connectivity index (χ1) is 11.3. The lowest BCUT2D eigenvalue weighted by molar-refractivity contribution is -0.132. The third-order valence-corrected chi connectivity index (χ3v) is 3.97. The Bertz CT molecular complexity index is 771. The Morgan fingerprint density at radius 3 is 2.25 bits per heavy atom. The van der Waals surface area contributed by atoms with E-state index in [1.807, 2.05) is 6.92 Å². The molecule has 0 aliphatic rings. The Kier molecular flexibility index (Phi) is 5.45. The molecule has 2 aromatic rings. The first-order valence-electron chi connectivity index (χ1n) is 8.17. The van der Waals surface area contributed by atoms with Gasteiger partial charge in [0.05, 0.1) is 0 Å². The second-order valence-electron chi connectivity index (χ2n) is 6.53. The fourth-order valence-electron chi connectivity index (χ4n) is 2.68. The Hall–Kier alpha value is -2.55. The van der Waals surface area contributed by atoms with Crippen LogP contribution in [0, 0.1) is 13.8 Å². The van der Waals surface area contributed by atoms with Gasteiger partial charge in [0.1, 0.15) is 0 Å². The number of benzene rings is 2. The van der Waals surface area contributed by atoms with Crippen molar-refractivity contribution < 1.29 is 9.90 Å². The smallest absolute Gasteiger partial charge is 0.331 e. The number of carboxylic acids is 1. The molecular formula is C21H25NO2. The number of aryl methyl sites for hydroxylation is 2. The molecule has 0 unspecified atom stereocenters. The topological polar surface area (TPSA) is 49.3 Å². The van der Waals surface area contributed by atoms with E-state index in [9.17, 15) is 4.79 Å². The van der Waals surface area contributed by atoms with Crippen LogP contribution in [0.25, 0.3) is 17.2 Å². The maximum absolute atomic E-state index is 11.0. The van der Waals surface area contributed by atoms with Crippen LogP contribution in [0.4, 0.5) is 5.69 Å². The maximum atomic E-state index is 11.0. The van der Waals surface area contributed by atoms with Crippen molar-refractivity contribution in [2.45, 2.75) is 40.7 Å². The van der Waals surface area contributed by atoms with Gasteiger partial charge in [-0.2, -0.15) is 0 Å². The summed E-state index contributed by atoms with van der Waals surface area (Å²) in [6, 6.07) is 13.0. The molecule has 126 valence electrons. The molecule has 0 atom stereocenters. The summed E-state index contributed by atoms with van der Waals surface area (Å²) in [5.74, 6) is -0.885. The molecule has 0 spiro atoms. The van der Waals surface area contributed by atoms with Crippen molar-refractivity contribution in [2.24, 2.45) is 0 Å². The number of hydrogen-bond donors (Lipinski definition) is 2. The van der Waals surface area contributed by atoms with Gasteiger partial charge in [-0.05, 0) is 80.6 Å². The second kappa shape index (κ2) is 7.35. The molecule has 0 fully saturated rings. The number of anilines is 1. The summed E-state index contributed by atoms with van der Waals surface area (Å²) in [4.78, 5) is 11.0. The summed E-state index contributed by atoms with van der Waals surface area (Å²) in [5.41, 5.74) is 6.95. The third kappa shape index (κ3) is 4.25. The molecule has 0 heterocycles. The van der Waals surface area contributed by atoms with Crippen LogP contribution in [-0.4, -0.2) is 17.1 Å². The van der Waals surface area contributed by atoms with Crippen molar-refractivity contribution >= 4 is 17.7 Å². The van der Waals surface area contributed by atoms with Crippen molar-refractivity contribution in [1.82, 2.24) is 0 Å². The van der Waals surface area contributed by atoms with Crippen LogP contribution in [0.2, 0.25) is 0 Å². The quantitative estimate of drug-likeness (QED) is 0.736. The van der Waals surface area contributed by atoms with E-state index in [1.54, 1.807) is 13.0 Å². The predicted octanol–water partition coefficient (Wildman–Crippen LogP) is 5.28. The van der Waals surface area contributed by atoms with Crippen LogP contribution in [0.5, 0.6) is 0 Å². The summed E-state index contributed by atoms with van der Waals surface area (Å²) >= 11 is 0. The molecule has 3 nitrogen and oxygen atoms in total. The molecule has 2 N–H and O–H groups in total. The zero-order chi connectivity index (χ0) is 17.9. The van der Waals surface area contributed by atoms with E-state index in [0.29, 0.717) is 11.6 Å². The summed E-state index contributed by atoms with van der Waals surface area (Å²) < 4.78 is 0. The van der Waals surface area contributed by atoms with Gasteiger partial charge in [-0.1, -0.05) is 24.3 Å². The van der Waals surface area contributed by atoms with Crippen molar-refractivity contribution in [1.29, 1.82) is 0 Å². The SMILES string of the molecule is C/C(=C\c1cc(C)c(-c2ccc(NC(C)C)cc2)cc1C)C(=O)O. The van der Waals surface area contributed by atoms with Gasteiger partial charge in [-0.25, -0.2) is 4.79 Å². The molecule has 2 aromatic carbocycles. The minimum absolute atomic E-state index is 0.342. The minimum atomic E-state index is -0.885. The predicted molar refractivity (Wildman–Crippen MR) is 101 cm³/mol. The average Bonchev–Trinajstić information content (AvgIpc) is 2.50. The minimum Gasteiger partial charge on any atom is -0.478 e. The largest absolute Gasteiger partial charge is 0.478 e. The van der Waals surface area contributed by atoms with Gasteiger partial charge in [-0.3, -0.25) is 0 Å². The van der Waals surface area contributed by atoms with E-state index in [1.165, 1.54) is 5.56 Å². The number of nitrogens with one attached hydrogen (secondary N) is 1. The average molecular weight is 323 g/mol. The summed E-state index contributed by atoms with van der Waals surface area (Å²) in [5, 5.41) is 12.4. The Labute approximate surface area is 144 Å². The zero-order valence-corrected chi connectivity index (χ0v) is 15.0. The molecule has 0 aliphatic heterocycles. The fourth-order valence-corrected chi connectivity index (χ4v) is 2.68. The fraction of sp³-hybridized carbons (Fsp3) is 0.286. The van der Waals surface area contributed by atoms with Gasteiger partial charge in [0, 0.05) is 17.3 Å². The zero-order valence-electron chi connectivity index (χ0n) is 15.0. The van der Waals surface area contributed by atoms with Crippen molar-refractivity contribution in [2.75, 3.05) is 5.32 Å². The number of carboxylic acid groups (broad SMARTS) is 1. The van der Waals surface area contributed by atoms with Crippen LogP contribution in [0.1, 0.15) is 37.5 Å². The molecule has 3 heteroatoms. The lowest BCUT2D eigenvalue weighted by Gasteiger charge is -2.13. The molecule has 0 radical (unpaired) electrons. The van der Waals surface area contributed by atoms with Crippen LogP contribution in [0.15, 0.2) is 42.0 Å². The Morgan fingerprint density at radius 2 is 1.71 bits per heavy atom. The Morgan fingerprint density at radius 1 is 1.08 bits per heavy atom. The summed E-state index contributed by atoms with van der Waals surface area (Å²) in [6.07, 6.45) is 1.73. The van der Waals surface area contributed by atoms with Crippen molar-refractivity contribution in [3.63, 3.8) is 0 Å². The van der Waals surface area contributed by atoms with Crippen LogP contribution in [0.3, 0.4) is 0 Å². The van der Waals surface area contributed by atoms with Crippen LogP contribution < -0.4 is 5.32 Å². The van der Waals surface area contributed by atoms with Crippen molar-refractivity contribution in [3.05, 3.63) is 58.7 Å². The van der Waals surface area contributed by atoms with E-state index in [0.717, 1.165) is 27.9 Å². The highest BCUT2D eigenvalue weighted by atomic mass is 16.4. The second-order valence-corrected chi connectivity index (χ2v) is 6.53. The Balaban J connectivity index is 2.37. The number of carbonyl (C=O) groups is 1. The van der Waals surface area contributed by atoms with Crippen LogP contribution in [-0.2, 0) is 4.79 Å². The van der Waals surface area contributed by atoms with Gasteiger partial charge in [0.25, 0.3) is 0 Å². The molecule has 0 aromatic heterocycles. The highest BCUT2D eigenvalue weighted by Gasteiger charge is 2.08. The van der Waals surface area contributed by atoms with E-state index in [-0.39, 0.29) is 0 Å². The van der Waals surface area contributed by atoms with E-state index < -0.39 is 5.97 Å². The van der Waals surface area contributed by atoms with Crippen LogP contribution >= 0.6 is 0 Å². The molecule has 0 saturated heterocycles. The van der Waals surface area contributed by atoms with Gasteiger partial charge >= 0.3 is 5.97 Å². The number of aliphatic carboxylic acids is 1. The van der Waals surface area contributed by atoms with Gasteiger partial charge < -0.3 is 10.4 Å². The standard InChI is InChI=1S/C21H25NO2/c1-13(2)22-19-8-6-17(7-9-19)20-12-14(3)18(10-15(20)4)11-16(5)21(23)24/h6-13,22H,1-5H3,(H,23,24)/b16-11+. The molecule has 0 saturated carbocycles. The maximum Gasteiger partial charge on any atom is 0.331 e. The van der Waals surface area contributed by atoms with E-state index >= 15 is 0 Å². The number of rotatable bonds is 5. The number of hydrogen-bond acceptors (Lipinski definition) is 2.